The molecule has 3 aromatic rings. The first-order valence-corrected chi connectivity index (χ1v) is 11.4. The third-order valence-corrected chi connectivity index (χ3v) is 6.07. The number of hydrogen-bond acceptors (Lipinski definition) is 3. The van der Waals surface area contributed by atoms with Gasteiger partial charge >= 0.3 is 0 Å². The maximum absolute atomic E-state index is 13.1. The summed E-state index contributed by atoms with van der Waals surface area (Å²) in [5, 5.41) is 3.07. The van der Waals surface area contributed by atoms with Gasteiger partial charge in [-0.05, 0) is 42.2 Å². The van der Waals surface area contributed by atoms with Gasteiger partial charge in [-0.25, -0.2) is 8.42 Å². The van der Waals surface area contributed by atoms with Gasteiger partial charge in [-0.2, -0.15) is 0 Å². The number of para-hydroxylation sites is 1. The van der Waals surface area contributed by atoms with Crippen LogP contribution in [-0.4, -0.2) is 14.3 Å². The largest absolute Gasteiger partial charge is 0.345 e. The van der Waals surface area contributed by atoms with Crippen molar-refractivity contribution in [2.75, 3.05) is 4.72 Å². The molecular weight excluding hydrogens is 396 g/mol. The van der Waals surface area contributed by atoms with E-state index in [1.54, 1.807) is 42.5 Å². The Bertz CT molecular complexity index is 1080. The maximum atomic E-state index is 13.1. The third-order valence-electron chi connectivity index (χ3n) is 4.68. The van der Waals surface area contributed by atoms with Gasteiger partial charge in [0.25, 0.3) is 15.9 Å². The molecule has 6 heteroatoms. The summed E-state index contributed by atoms with van der Waals surface area (Å²) in [7, 11) is -3.80. The Morgan fingerprint density at radius 1 is 0.833 bits per heavy atom. The highest BCUT2D eigenvalue weighted by Crippen LogP contribution is 2.24. The summed E-state index contributed by atoms with van der Waals surface area (Å²) < 4.78 is 28.0. The minimum atomic E-state index is -3.80. The molecular formula is C24H26N2O3S. The van der Waals surface area contributed by atoms with Crippen molar-refractivity contribution < 1.29 is 13.2 Å². The van der Waals surface area contributed by atoms with Crippen molar-refractivity contribution in [2.45, 2.75) is 31.2 Å². The van der Waals surface area contributed by atoms with Crippen LogP contribution in [0.4, 0.5) is 5.69 Å². The van der Waals surface area contributed by atoms with Crippen molar-refractivity contribution in [2.24, 2.45) is 5.92 Å². The van der Waals surface area contributed by atoms with E-state index in [9.17, 15) is 13.2 Å². The summed E-state index contributed by atoms with van der Waals surface area (Å²) in [4.78, 5) is 13.2. The molecule has 0 aliphatic heterocycles. The van der Waals surface area contributed by atoms with Crippen LogP contribution in [0.15, 0.2) is 89.8 Å². The van der Waals surface area contributed by atoms with Crippen molar-refractivity contribution in [3.63, 3.8) is 0 Å². The molecule has 3 aromatic carbocycles. The second kappa shape index (κ2) is 9.59. The first-order valence-electron chi connectivity index (χ1n) is 9.89. The highest BCUT2D eigenvalue weighted by molar-refractivity contribution is 7.92. The number of sulfonamides is 1. The minimum absolute atomic E-state index is 0.141. The molecule has 3 rings (SSSR count). The fourth-order valence-corrected chi connectivity index (χ4v) is 4.35. The number of anilines is 1. The highest BCUT2D eigenvalue weighted by atomic mass is 32.2. The van der Waals surface area contributed by atoms with Crippen molar-refractivity contribution in [1.82, 2.24) is 5.32 Å². The zero-order valence-electron chi connectivity index (χ0n) is 17.1. The van der Waals surface area contributed by atoms with E-state index in [2.05, 4.69) is 23.9 Å². The van der Waals surface area contributed by atoms with Gasteiger partial charge in [0.15, 0.2) is 0 Å². The normalized spacial score (nSPS) is 12.4. The van der Waals surface area contributed by atoms with Crippen LogP contribution < -0.4 is 10.0 Å². The lowest BCUT2D eigenvalue weighted by Crippen LogP contribution is -2.30. The smallest absolute Gasteiger partial charge is 0.261 e. The molecule has 0 aromatic heterocycles. The molecule has 0 heterocycles. The lowest BCUT2D eigenvalue weighted by molar-refractivity contribution is 0.0933. The van der Waals surface area contributed by atoms with E-state index in [0.717, 1.165) is 12.0 Å². The van der Waals surface area contributed by atoms with Crippen molar-refractivity contribution in [3.8, 4) is 0 Å². The summed E-state index contributed by atoms with van der Waals surface area (Å²) in [5.41, 5.74) is 1.54. The van der Waals surface area contributed by atoms with Crippen LogP contribution in [0.1, 0.15) is 42.2 Å². The summed E-state index contributed by atoms with van der Waals surface area (Å²) in [6.07, 6.45) is 0.771. The van der Waals surface area contributed by atoms with E-state index in [1.165, 1.54) is 12.1 Å². The quantitative estimate of drug-likeness (QED) is 0.536. The second-order valence-electron chi connectivity index (χ2n) is 7.53. The molecule has 0 fully saturated rings. The monoisotopic (exact) mass is 422 g/mol. The van der Waals surface area contributed by atoms with Gasteiger partial charge in [0, 0.05) is 0 Å². The predicted molar refractivity (Wildman–Crippen MR) is 120 cm³/mol. The van der Waals surface area contributed by atoms with E-state index < -0.39 is 10.0 Å². The summed E-state index contributed by atoms with van der Waals surface area (Å²) in [6.45, 7) is 4.20. The van der Waals surface area contributed by atoms with Crippen LogP contribution in [0.2, 0.25) is 0 Å². The number of amides is 1. The topological polar surface area (TPSA) is 75.3 Å². The Morgan fingerprint density at radius 2 is 1.40 bits per heavy atom. The predicted octanol–water partition coefficient (Wildman–Crippen LogP) is 5.00. The molecule has 1 amide bonds. The zero-order chi connectivity index (χ0) is 21.6. The van der Waals surface area contributed by atoms with E-state index in [0.29, 0.717) is 5.92 Å². The van der Waals surface area contributed by atoms with Crippen LogP contribution in [0.5, 0.6) is 0 Å². The summed E-state index contributed by atoms with van der Waals surface area (Å²) >= 11 is 0. The number of carbonyl (C=O) groups excluding carboxylic acids is 1. The molecule has 30 heavy (non-hydrogen) atoms. The molecule has 0 saturated carbocycles. The van der Waals surface area contributed by atoms with E-state index in [-0.39, 0.29) is 28.1 Å². The van der Waals surface area contributed by atoms with Gasteiger partial charge in [0.05, 0.1) is 22.2 Å². The Kier molecular flexibility index (Phi) is 6.90. The first kappa shape index (κ1) is 21.6. The summed E-state index contributed by atoms with van der Waals surface area (Å²) in [6, 6.07) is 24.3. The van der Waals surface area contributed by atoms with Crippen LogP contribution in [0.3, 0.4) is 0 Å². The molecule has 0 unspecified atom stereocenters. The first-order chi connectivity index (χ1) is 14.4. The van der Waals surface area contributed by atoms with Gasteiger partial charge in [-0.15, -0.1) is 0 Å². The SMILES string of the molecule is CC(C)C[C@H](NC(=O)c1ccccc1NS(=O)(=O)c1ccccc1)c1ccccc1. The van der Waals surface area contributed by atoms with E-state index in [4.69, 9.17) is 0 Å². The fourth-order valence-electron chi connectivity index (χ4n) is 3.24. The fraction of sp³-hybridized carbons (Fsp3) is 0.208. The van der Waals surface area contributed by atoms with Crippen LogP contribution >= 0.6 is 0 Å². The Balaban J connectivity index is 1.86. The molecule has 0 saturated heterocycles. The maximum Gasteiger partial charge on any atom is 0.261 e. The lowest BCUT2D eigenvalue weighted by Gasteiger charge is -2.22. The molecule has 2 N–H and O–H groups in total. The average molecular weight is 423 g/mol. The van der Waals surface area contributed by atoms with Crippen molar-refractivity contribution in [3.05, 3.63) is 96.1 Å². The van der Waals surface area contributed by atoms with Gasteiger partial charge in [0.2, 0.25) is 0 Å². The van der Waals surface area contributed by atoms with Crippen LogP contribution in [0.25, 0.3) is 0 Å². The van der Waals surface area contributed by atoms with Gasteiger partial charge < -0.3 is 5.32 Å². The van der Waals surface area contributed by atoms with Crippen molar-refractivity contribution >= 4 is 21.6 Å². The second-order valence-corrected chi connectivity index (χ2v) is 9.21. The van der Waals surface area contributed by atoms with Gasteiger partial charge in [-0.1, -0.05) is 74.5 Å². The van der Waals surface area contributed by atoms with Crippen LogP contribution in [-0.2, 0) is 10.0 Å². The van der Waals surface area contributed by atoms with E-state index >= 15 is 0 Å². The van der Waals surface area contributed by atoms with Gasteiger partial charge in [0.1, 0.15) is 0 Å². The molecule has 0 radical (unpaired) electrons. The Hall–Kier alpha value is -3.12. The molecule has 0 bridgehead atoms. The molecule has 1 atom stereocenters. The number of carbonyl (C=O) groups is 1. The molecule has 0 spiro atoms. The highest BCUT2D eigenvalue weighted by Gasteiger charge is 2.21. The molecule has 5 nitrogen and oxygen atoms in total. The molecule has 156 valence electrons. The zero-order valence-corrected chi connectivity index (χ0v) is 17.9. The molecule has 0 aliphatic carbocycles. The van der Waals surface area contributed by atoms with Crippen LogP contribution in [0, 0.1) is 5.92 Å². The van der Waals surface area contributed by atoms with Gasteiger partial charge in [-0.3, -0.25) is 9.52 Å². The number of benzene rings is 3. The van der Waals surface area contributed by atoms with Crippen molar-refractivity contribution in [1.29, 1.82) is 0 Å². The lowest BCUT2D eigenvalue weighted by atomic mass is 9.96. The third kappa shape index (κ3) is 5.48. The number of rotatable bonds is 8. The molecule has 0 aliphatic rings. The number of nitrogens with one attached hydrogen (secondary N) is 2. The summed E-state index contributed by atoms with van der Waals surface area (Å²) in [5.74, 6) is 0.0539. The van der Waals surface area contributed by atoms with E-state index in [1.807, 2.05) is 30.3 Å². The number of hydrogen-bond donors (Lipinski definition) is 2. The standard InChI is InChI=1S/C24H26N2O3S/c1-18(2)17-23(19-11-5-3-6-12-19)25-24(27)21-15-9-10-16-22(21)26-30(28,29)20-13-7-4-8-14-20/h3-16,18,23,26H,17H2,1-2H3,(H,25,27)/t23-/m0/s1. The Morgan fingerprint density at radius 3 is 2.03 bits per heavy atom. The average Bonchev–Trinajstić information content (AvgIpc) is 2.74. The Labute approximate surface area is 178 Å². The minimum Gasteiger partial charge on any atom is -0.345 e.